The zero-order valence-electron chi connectivity index (χ0n) is 15.3. The number of methoxy groups -OCH3 is 1. The third-order valence-corrected chi connectivity index (χ3v) is 5.31. The first kappa shape index (κ1) is 23.9. The molecule has 0 aromatic carbocycles. The first-order valence-electron chi connectivity index (χ1n) is 8.04. The van der Waals surface area contributed by atoms with Crippen molar-refractivity contribution in [2.24, 2.45) is 10.4 Å². The average molecular weight is 486 g/mol. The summed E-state index contributed by atoms with van der Waals surface area (Å²) >= 11 is 3.50. The molecule has 1 unspecified atom stereocenters. The van der Waals surface area contributed by atoms with Crippen LogP contribution in [0.2, 0.25) is 0 Å². The highest BCUT2D eigenvalue weighted by Gasteiger charge is 2.23. The second-order valence-electron chi connectivity index (χ2n) is 6.24. The SMILES string of the molecule is CCNC(=NCC(OC)C(C)(C)C)NCCCSc1nccs1.I. The second-order valence-corrected chi connectivity index (χ2v) is 8.47. The van der Waals surface area contributed by atoms with Gasteiger partial charge in [-0.05, 0) is 18.8 Å². The van der Waals surface area contributed by atoms with E-state index in [0.717, 1.165) is 35.6 Å². The molecule has 24 heavy (non-hydrogen) atoms. The Hall–Kier alpha value is -0.0600. The number of thioether (sulfide) groups is 1. The summed E-state index contributed by atoms with van der Waals surface area (Å²) < 4.78 is 6.69. The molecule has 0 saturated carbocycles. The molecular formula is C16H31IN4OS2. The molecular weight excluding hydrogens is 455 g/mol. The van der Waals surface area contributed by atoms with Crippen molar-refractivity contribution < 1.29 is 4.74 Å². The number of thiazole rings is 1. The van der Waals surface area contributed by atoms with E-state index >= 15 is 0 Å². The predicted molar refractivity (Wildman–Crippen MR) is 117 cm³/mol. The minimum absolute atomic E-state index is 0. The van der Waals surface area contributed by atoms with Gasteiger partial charge in [0.25, 0.3) is 0 Å². The monoisotopic (exact) mass is 486 g/mol. The third kappa shape index (κ3) is 10.0. The normalized spacial score (nSPS) is 13.3. The van der Waals surface area contributed by atoms with Crippen LogP contribution in [0.1, 0.15) is 34.1 Å². The van der Waals surface area contributed by atoms with Gasteiger partial charge in [-0.25, -0.2) is 4.98 Å². The van der Waals surface area contributed by atoms with Crippen LogP contribution in [-0.4, -0.2) is 49.5 Å². The van der Waals surface area contributed by atoms with Gasteiger partial charge in [0, 0.05) is 37.5 Å². The summed E-state index contributed by atoms with van der Waals surface area (Å²) in [6.07, 6.45) is 3.03. The van der Waals surface area contributed by atoms with Gasteiger partial charge >= 0.3 is 0 Å². The largest absolute Gasteiger partial charge is 0.379 e. The molecule has 0 aliphatic heterocycles. The zero-order chi connectivity index (χ0) is 17.1. The van der Waals surface area contributed by atoms with Crippen LogP contribution in [0.25, 0.3) is 0 Å². The summed E-state index contributed by atoms with van der Waals surface area (Å²) in [6.45, 7) is 11.0. The van der Waals surface area contributed by atoms with E-state index in [-0.39, 0.29) is 35.5 Å². The molecule has 1 aromatic rings. The lowest BCUT2D eigenvalue weighted by Crippen LogP contribution is -2.39. The Labute approximate surface area is 171 Å². The molecule has 0 saturated heterocycles. The van der Waals surface area contributed by atoms with Crippen LogP contribution in [0.5, 0.6) is 0 Å². The summed E-state index contributed by atoms with van der Waals surface area (Å²) in [5, 5.41) is 8.68. The first-order valence-corrected chi connectivity index (χ1v) is 9.91. The summed E-state index contributed by atoms with van der Waals surface area (Å²) in [6, 6.07) is 0. The zero-order valence-corrected chi connectivity index (χ0v) is 19.3. The molecule has 2 N–H and O–H groups in total. The van der Waals surface area contributed by atoms with Crippen molar-refractivity contribution >= 4 is 53.0 Å². The molecule has 1 atom stereocenters. The van der Waals surface area contributed by atoms with Crippen molar-refractivity contribution in [3.63, 3.8) is 0 Å². The van der Waals surface area contributed by atoms with E-state index in [1.807, 2.05) is 11.6 Å². The molecule has 1 heterocycles. The van der Waals surface area contributed by atoms with Gasteiger partial charge in [0.2, 0.25) is 0 Å². The summed E-state index contributed by atoms with van der Waals surface area (Å²) in [5.74, 6) is 1.92. The Morgan fingerprint density at radius 3 is 2.71 bits per heavy atom. The van der Waals surface area contributed by atoms with Crippen molar-refractivity contribution in [2.75, 3.05) is 32.5 Å². The molecule has 5 nitrogen and oxygen atoms in total. The molecule has 0 bridgehead atoms. The average Bonchev–Trinajstić information content (AvgIpc) is 2.99. The highest BCUT2D eigenvalue weighted by Crippen LogP contribution is 2.22. The number of aliphatic imine (C=N–C) groups is 1. The minimum atomic E-state index is 0. The van der Waals surface area contributed by atoms with Gasteiger partial charge in [-0.3, -0.25) is 4.99 Å². The standard InChI is InChI=1S/C16H30N4OS2.HI/c1-6-17-14(20-12-13(21-5)16(2,3)4)18-8-7-10-22-15-19-9-11-23-15;/h9,11,13H,6-8,10,12H2,1-5H3,(H2,17,18,20);1H. The number of hydrogen-bond donors (Lipinski definition) is 2. The number of nitrogens with one attached hydrogen (secondary N) is 2. The Bertz CT molecular complexity index is 449. The number of rotatable bonds is 9. The van der Waals surface area contributed by atoms with Gasteiger partial charge in [0.1, 0.15) is 4.34 Å². The van der Waals surface area contributed by atoms with Crippen molar-refractivity contribution in [1.82, 2.24) is 15.6 Å². The van der Waals surface area contributed by atoms with E-state index in [0.29, 0.717) is 6.54 Å². The molecule has 0 aliphatic rings. The molecule has 0 fully saturated rings. The van der Waals surface area contributed by atoms with Crippen LogP contribution in [-0.2, 0) is 4.74 Å². The van der Waals surface area contributed by atoms with E-state index in [2.05, 4.69) is 48.3 Å². The molecule has 0 aliphatic carbocycles. The van der Waals surface area contributed by atoms with Gasteiger partial charge in [-0.15, -0.1) is 35.3 Å². The predicted octanol–water partition coefficient (Wildman–Crippen LogP) is 3.86. The molecule has 140 valence electrons. The van der Waals surface area contributed by atoms with Crippen LogP contribution >= 0.6 is 47.1 Å². The maximum Gasteiger partial charge on any atom is 0.191 e. The van der Waals surface area contributed by atoms with Crippen LogP contribution in [0.4, 0.5) is 0 Å². The number of hydrogen-bond acceptors (Lipinski definition) is 5. The topological polar surface area (TPSA) is 58.5 Å². The van der Waals surface area contributed by atoms with Crippen LogP contribution < -0.4 is 10.6 Å². The Kier molecular flexibility index (Phi) is 13.2. The van der Waals surface area contributed by atoms with Gasteiger partial charge in [0.15, 0.2) is 5.96 Å². The molecule has 8 heteroatoms. The number of halogens is 1. The Morgan fingerprint density at radius 2 is 2.17 bits per heavy atom. The number of aromatic nitrogens is 1. The van der Waals surface area contributed by atoms with E-state index in [9.17, 15) is 0 Å². The lowest BCUT2D eigenvalue weighted by Gasteiger charge is -2.28. The number of guanidine groups is 1. The summed E-state index contributed by atoms with van der Waals surface area (Å²) in [7, 11) is 1.75. The van der Waals surface area contributed by atoms with Crippen molar-refractivity contribution in [2.45, 2.75) is 44.6 Å². The van der Waals surface area contributed by atoms with E-state index in [4.69, 9.17) is 4.74 Å². The smallest absolute Gasteiger partial charge is 0.191 e. The second kappa shape index (κ2) is 13.2. The van der Waals surface area contributed by atoms with Crippen LogP contribution in [0.15, 0.2) is 20.9 Å². The van der Waals surface area contributed by atoms with Crippen molar-refractivity contribution in [3.05, 3.63) is 11.6 Å². The summed E-state index contributed by atoms with van der Waals surface area (Å²) in [5.41, 5.74) is 0.0833. The Balaban J connectivity index is 0.00000529. The van der Waals surface area contributed by atoms with Gasteiger partial charge in [0.05, 0.1) is 12.6 Å². The van der Waals surface area contributed by atoms with Gasteiger partial charge in [-0.1, -0.05) is 32.5 Å². The van der Waals surface area contributed by atoms with E-state index < -0.39 is 0 Å². The molecule has 0 amide bonds. The molecule has 0 spiro atoms. The molecule has 1 rings (SSSR count). The van der Waals surface area contributed by atoms with E-state index in [1.54, 1.807) is 30.2 Å². The summed E-state index contributed by atoms with van der Waals surface area (Å²) in [4.78, 5) is 8.92. The molecule has 0 radical (unpaired) electrons. The van der Waals surface area contributed by atoms with Crippen molar-refractivity contribution in [3.8, 4) is 0 Å². The van der Waals surface area contributed by atoms with Crippen LogP contribution in [0, 0.1) is 5.41 Å². The third-order valence-electron chi connectivity index (χ3n) is 3.26. The van der Waals surface area contributed by atoms with Gasteiger partial charge < -0.3 is 15.4 Å². The fourth-order valence-electron chi connectivity index (χ4n) is 1.94. The first-order chi connectivity index (χ1) is 11.0. The maximum absolute atomic E-state index is 5.56. The van der Waals surface area contributed by atoms with Gasteiger partial charge in [-0.2, -0.15) is 0 Å². The fourth-order valence-corrected chi connectivity index (χ4v) is 3.59. The highest BCUT2D eigenvalue weighted by atomic mass is 127. The maximum atomic E-state index is 5.56. The fraction of sp³-hybridized carbons (Fsp3) is 0.750. The quantitative estimate of drug-likeness (QED) is 0.183. The van der Waals surface area contributed by atoms with Crippen molar-refractivity contribution in [1.29, 1.82) is 0 Å². The highest BCUT2D eigenvalue weighted by molar-refractivity contribution is 14.0. The Morgan fingerprint density at radius 1 is 1.42 bits per heavy atom. The van der Waals surface area contributed by atoms with Crippen LogP contribution in [0.3, 0.4) is 0 Å². The van der Waals surface area contributed by atoms with E-state index in [1.165, 1.54) is 0 Å². The minimum Gasteiger partial charge on any atom is -0.379 e. The molecule has 1 aromatic heterocycles. The number of nitrogens with zero attached hydrogens (tertiary/aromatic N) is 2. The number of ether oxygens (including phenoxy) is 1. The lowest BCUT2D eigenvalue weighted by molar-refractivity contribution is 0.0241. The lowest BCUT2D eigenvalue weighted by atomic mass is 9.89.